The second-order valence-corrected chi connectivity index (χ2v) is 5.83. The lowest BCUT2D eigenvalue weighted by Gasteiger charge is -2.30. The summed E-state index contributed by atoms with van der Waals surface area (Å²) in [6.45, 7) is 4.36. The predicted molar refractivity (Wildman–Crippen MR) is 80.5 cm³/mol. The summed E-state index contributed by atoms with van der Waals surface area (Å²) in [5.41, 5.74) is 8.72. The van der Waals surface area contributed by atoms with Gasteiger partial charge in [0.25, 0.3) is 0 Å². The van der Waals surface area contributed by atoms with Gasteiger partial charge in [-0.05, 0) is 25.8 Å². The highest BCUT2D eigenvalue weighted by Crippen LogP contribution is 2.35. The topological polar surface area (TPSA) is 35.2 Å². The summed E-state index contributed by atoms with van der Waals surface area (Å²) in [4.78, 5) is 0. The van der Waals surface area contributed by atoms with E-state index in [1.807, 2.05) is 0 Å². The van der Waals surface area contributed by atoms with E-state index in [0.717, 1.165) is 18.6 Å². The van der Waals surface area contributed by atoms with Gasteiger partial charge in [0.15, 0.2) is 0 Å². The Kier molecular flexibility index (Phi) is 5.26. The van der Waals surface area contributed by atoms with Crippen molar-refractivity contribution in [2.45, 2.75) is 70.9 Å². The molecule has 0 radical (unpaired) electrons. The normalized spacial score (nSPS) is 21.8. The minimum atomic E-state index is 0.143. The first-order valence-corrected chi connectivity index (χ1v) is 7.73. The summed E-state index contributed by atoms with van der Waals surface area (Å²) in [5.74, 6) is 1.00. The smallest absolute Gasteiger partial charge is 0.124 e. The molecular formula is C17H27NO. The van der Waals surface area contributed by atoms with Gasteiger partial charge in [-0.15, -0.1) is 0 Å². The van der Waals surface area contributed by atoms with Gasteiger partial charge in [-0.2, -0.15) is 0 Å². The summed E-state index contributed by atoms with van der Waals surface area (Å²) in [5, 5.41) is 0. The summed E-state index contributed by atoms with van der Waals surface area (Å²) in [7, 11) is 0. The van der Waals surface area contributed by atoms with Crippen LogP contribution in [0.15, 0.2) is 18.2 Å². The number of aryl methyl sites for hydroxylation is 1. The highest BCUT2D eigenvalue weighted by atomic mass is 16.5. The molecule has 106 valence electrons. The van der Waals surface area contributed by atoms with E-state index in [1.165, 1.54) is 43.2 Å². The maximum absolute atomic E-state index is 6.28. The Balaban J connectivity index is 1.85. The monoisotopic (exact) mass is 261 g/mol. The fraction of sp³-hybridized carbons (Fsp3) is 0.647. The molecule has 2 nitrogen and oxygen atoms in total. The van der Waals surface area contributed by atoms with Gasteiger partial charge >= 0.3 is 0 Å². The van der Waals surface area contributed by atoms with Crippen molar-refractivity contribution in [3.05, 3.63) is 29.3 Å². The zero-order chi connectivity index (χ0) is 13.7. The van der Waals surface area contributed by atoms with Gasteiger partial charge in [0.05, 0.1) is 0 Å². The SMILES string of the molecule is CCCCCCCC1C[C@@H](N)c2cc(C)ccc2O1. The molecule has 0 bridgehead atoms. The lowest BCUT2D eigenvalue weighted by molar-refractivity contribution is 0.146. The molecule has 0 spiro atoms. The van der Waals surface area contributed by atoms with Crippen molar-refractivity contribution in [1.82, 2.24) is 0 Å². The molecule has 1 unspecified atom stereocenters. The van der Waals surface area contributed by atoms with E-state index in [2.05, 4.69) is 32.0 Å². The van der Waals surface area contributed by atoms with E-state index in [0.29, 0.717) is 6.10 Å². The van der Waals surface area contributed by atoms with E-state index < -0.39 is 0 Å². The maximum atomic E-state index is 6.28. The maximum Gasteiger partial charge on any atom is 0.124 e. The molecule has 19 heavy (non-hydrogen) atoms. The van der Waals surface area contributed by atoms with Gasteiger partial charge in [-0.25, -0.2) is 0 Å². The number of rotatable bonds is 6. The van der Waals surface area contributed by atoms with Crippen LogP contribution in [0.2, 0.25) is 0 Å². The zero-order valence-electron chi connectivity index (χ0n) is 12.3. The lowest BCUT2D eigenvalue weighted by atomic mass is 9.93. The van der Waals surface area contributed by atoms with Gasteiger partial charge < -0.3 is 10.5 Å². The molecule has 0 aromatic heterocycles. The summed E-state index contributed by atoms with van der Waals surface area (Å²) >= 11 is 0. The van der Waals surface area contributed by atoms with Crippen molar-refractivity contribution in [2.24, 2.45) is 5.73 Å². The number of ether oxygens (including phenoxy) is 1. The first-order chi connectivity index (χ1) is 9.20. The number of unbranched alkanes of at least 4 members (excludes halogenated alkanes) is 4. The third-order valence-corrected chi connectivity index (χ3v) is 4.00. The van der Waals surface area contributed by atoms with E-state index in [9.17, 15) is 0 Å². The van der Waals surface area contributed by atoms with Crippen LogP contribution in [0.25, 0.3) is 0 Å². The van der Waals surface area contributed by atoms with Crippen LogP contribution in [0.1, 0.15) is 69.0 Å². The molecule has 2 rings (SSSR count). The van der Waals surface area contributed by atoms with Crippen LogP contribution in [0.3, 0.4) is 0 Å². The first-order valence-electron chi connectivity index (χ1n) is 7.73. The Bertz CT molecular complexity index is 402. The molecule has 1 aromatic rings. The standard InChI is InChI=1S/C17H27NO/c1-3-4-5-6-7-8-14-12-16(18)15-11-13(2)9-10-17(15)19-14/h9-11,14,16H,3-8,12,18H2,1-2H3/t14?,16-/m1/s1. The summed E-state index contributed by atoms with van der Waals surface area (Å²) < 4.78 is 6.08. The first kappa shape index (κ1) is 14.4. The molecule has 0 fully saturated rings. The molecule has 2 heteroatoms. The average molecular weight is 261 g/mol. The van der Waals surface area contributed by atoms with Crippen LogP contribution in [0.5, 0.6) is 5.75 Å². The molecule has 0 saturated carbocycles. The number of nitrogens with two attached hydrogens (primary N) is 1. The van der Waals surface area contributed by atoms with Crippen LogP contribution >= 0.6 is 0 Å². The molecular weight excluding hydrogens is 234 g/mol. The van der Waals surface area contributed by atoms with Gasteiger partial charge in [0.1, 0.15) is 11.9 Å². The molecule has 0 aliphatic carbocycles. The zero-order valence-corrected chi connectivity index (χ0v) is 12.3. The number of benzene rings is 1. The van der Waals surface area contributed by atoms with Crippen LogP contribution < -0.4 is 10.5 Å². The molecule has 1 aliphatic heterocycles. The van der Waals surface area contributed by atoms with Crippen LogP contribution in [0.4, 0.5) is 0 Å². The Morgan fingerprint density at radius 3 is 2.79 bits per heavy atom. The average Bonchev–Trinajstić information content (AvgIpc) is 2.39. The molecule has 1 aliphatic rings. The third kappa shape index (κ3) is 3.97. The number of hydrogen-bond acceptors (Lipinski definition) is 2. The quantitative estimate of drug-likeness (QED) is 0.765. The molecule has 0 saturated heterocycles. The van der Waals surface area contributed by atoms with Gasteiger partial charge in [-0.1, -0.05) is 50.3 Å². The molecule has 1 aromatic carbocycles. The highest BCUT2D eigenvalue weighted by molar-refractivity contribution is 5.40. The Hall–Kier alpha value is -1.02. The molecule has 2 N–H and O–H groups in total. The summed E-state index contributed by atoms with van der Waals surface area (Å²) in [6.07, 6.45) is 9.01. The minimum absolute atomic E-state index is 0.143. The fourth-order valence-corrected chi connectivity index (χ4v) is 2.86. The number of fused-ring (bicyclic) bond motifs is 1. The summed E-state index contributed by atoms with van der Waals surface area (Å²) in [6, 6.07) is 6.49. The van der Waals surface area contributed by atoms with Crippen molar-refractivity contribution < 1.29 is 4.74 Å². The second-order valence-electron chi connectivity index (χ2n) is 5.83. The fourth-order valence-electron chi connectivity index (χ4n) is 2.86. The Morgan fingerprint density at radius 1 is 1.21 bits per heavy atom. The Morgan fingerprint density at radius 2 is 2.00 bits per heavy atom. The second kappa shape index (κ2) is 6.95. The molecule has 1 heterocycles. The van der Waals surface area contributed by atoms with E-state index in [4.69, 9.17) is 10.5 Å². The number of hydrogen-bond donors (Lipinski definition) is 1. The van der Waals surface area contributed by atoms with Gasteiger partial charge in [-0.3, -0.25) is 0 Å². The van der Waals surface area contributed by atoms with Gasteiger partial charge in [0, 0.05) is 18.0 Å². The van der Waals surface area contributed by atoms with Crippen molar-refractivity contribution in [3.8, 4) is 5.75 Å². The van der Waals surface area contributed by atoms with E-state index in [-0.39, 0.29) is 6.04 Å². The lowest BCUT2D eigenvalue weighted by Crippen LogP contribution is -2.29. The van der Waals surface area contributed by atoms with Crippen molar-refractivity contribution in [3.63, 3.8) is 0 Å². The minimum Gasteiger partial charge on any atom is -0.490 e. The van der Waals surface area contributed by atoms with Crippen molar-refractivity contribution in [2.75, 3.05) is 0 Å². The van der Waals surface area contributed by atoms with Crippen LogP contribution in [-0.4, -0.2) is 6.10 Å². The van der Waals surface area contributed by atoms with Crippen molar-refractivity contribution >= 4 is 0 Å². The van der Waals surface area contributed by atoms with E-state index >= 15 is 0 Å². The Labute approximate surface area is 117 Å². The highest BCUT2D eigenvalue weighted by Gasteiger charge is 2.25. The van der Waals surface area contributed by atoms with Crippen LogP contribution in [0, 0.1) is 6.92 Å². The van der Waals surface area contributed by atoms with Crippen LogP contribution in [-0.2, 0) is 0 Å². The van der Waals surface area contributed by atoms with Gasteiger partial charge in [0.2, 0.25) is 0 Å². The molecule has 2 atom stereocenters. The van der Waals surface area contributed by atoms with Crippen molar-refractivity contribution in [1.29, 1.82) is 0 Å². The largest absolute Gasteiger partial charge is 0.490 e. The van der Waals surface area contributed by atoms with E-state index in [1.54, 1.807) is 0 Å². The third-order valence-electron chi connectivity index (χ3n) is 4.00. The molecule has 0 amide bonds. The predicted octanol–water partition coefficient (Wildman–Crippen LogP) is 4.51.